The van der Waals surface area contributed by atoms with Crippen molar-refractivity contribution in [3.8, 4) is 0 Å². The smallest absolute Gasteiger partial charge is 0.104 e. The molecule has 144 valence electrons. The van der Waals surface area contributed by atoms with Crippen molar-refractivity contribution in [3.05, 3.63) is 12.2 Å². The van der Waals surface area contributed by atoms with Gasteiger partial charge in [0.1, 0.15) is 6.10 Å². The summed E-state index contributed by atoms with van der Waals surface area (Å²) in [7, 11) is 0. The van der Waals surface area contributed by atoms with Gasteiger partial charge in [0.2, 0.25) is 0 Å². The van der Waals surface area contributed by atoms with Crippen molar-refractivity contribution in [3.63, 3.8) is 0 Å². The first-order chi connectivity index (χ1) is 11.8. The van der Waals surface area contributed by atoms with Crippen LogP contribution >= 0.6 is 0 Å². The molecule has 0 heterocycles. The van der Waals surface area contributed by atoms with Gasteiger partial charge in [-0.3, -0.25) is 0 Å². The Kier molecular flexibility index (Phi) is 20.3. The second-order valence-electron chi connectivity index (χ2n) is 6.80. The maximum atomic E-state index is 8.87. The lowest BCUT2D eigenvalue weighted by Gasteiger charge is -2.11. The second kappa shape index (κ2) is 20.7. The highest BCUT2D eigenvalue weighted by Gasteiger charge is 2.04. The predicted octanol–water partition coefficient (Wildman–Crippen LogP) is 5.39. The van der Waals surface area contributed by atoms with E-state index in [0.717, 1.165) is 6.42 Å². The van der Waals surface area contributed by atoms with E-state index in [4.69, 9.17) is 14.9 Å². The van der Waals surface area contributed by atoms with Crippen LogP contribution in [0.2, 0.25) is 0 Å². The number of aliphatic hydroxyl groups excluding tert-OH is 2. The Labute approximate surface area is 150 Å². The zero-order valence-corrected chi connectivity index (χ0v) is 16.1. The highest BCUT2D eigenvalue weighted by Crippen LogP contribution is 2.10. The molecule has 24 heavy (non-hydrogen) atoms. The molecule has 0 aliphatic heterocycles. The summed E-state index contributed by atoms with van der Waals surface area (Å²) < 4.78 is 5.35. The summed E-state index contributed by atoms with van der Waals surface area (Å²) in [4.78, 5) is 0. The molecular weight excluding hydrogens is 300 g/mol. The molecule has 0 spiro atoms. The molecule has 0 aromatic heterocycles. The molecule has 0 amide bonds. The topological polar surface area (TPSA) is 49.7 Å². The van der Waals surface area contributed by atoms with Crippen LogP contribution in [-0.4, -0.2) is 36.1 Å². The van der Waals surface area contributed by atoms with Crippen molar-refractivity contribution >= 4 is 0 Å². The zero-order valence-electron chi connectivity index (χ0n) is 16.1. The van der Waals surface area contributed by atoms with Gasteiger partial charge in [0.05, 0.1) is 13.2 Å². The summed E-state index contributed by atoms with van der Waals surface area (Å²) in [6.45, 7) is 2.72. The third-order valence-electron chi connectivity index (χ3n) is 4.42. The average Bonchev–Trinajstić information content (AvgIpc) is 2.61. The largest absolute Gasteiger partial charge is 0.394 e. The minimum Gasteiger partial charge on any atom is -0.394 e. The van der Waals surface area contributed by atoms with Crippen molar-refractivity contribution in [2.45, 2.75) is 103 Å². The number of aliphatic hydroxyl groups is 2. The molecule has 0 radical (unpaired) electrons. The third-order valence-corrected chi connectivity index (χ3v) is 4.42. The quantitative estimate of drug-likeness (QED) is 0.244. The van der Waals surface area contributed by atoms with E-state index in [9.17, 15) is 0 Å². The summed E-state index contributed by atoms with van der Waals surface area (Å²) >= 11 is 0. The summed E-state index contributed by atoms with van der Waals surface area (Å²) in [5, 5.41) is 17.7. The molecule has 0 fully saturated rings. The fourth-order valence-electron chi connectivity index (χ4n) is 2.76. The van der Waals surface area contributed by atoms with Gasteiger partial charge in [-0.1, -0.05) is 76.9 Å². The zero-order chi connectivity index (χ0) is 17.7. The van der Waals surface area contributed by atoms with E-state index < -0.39 is 6.10 Å². The number of rotatable bonds is 19. The Morgan fingerprint density at radius 2 is 1.12 bits per heavy atom. The third kappa shape index (κ3) is 18.0. The summed E-state index contributed by atoms with van der Waals surface area (Å²) in [5.41, 5.74) is 0. The molecular formula is C21H42O3. The molecule has 0 rings (SSSR count). The van der Waals surface area contributed by atoms with Crippen LogP contribution in [0.5, 0.6) is 0 Å². The van der Waals surface area contributed by atoms with Crippen LogP contribution in [0.4, 0.5) is 0 Å². The first kappa shape index (κ1) is 23.6. The normalized spacial score (nSPS) is 11.8. The Morgan fingerprint density at radius 3 is 1.62 bits per heavy atom. The van der Waals surface area contributed by atoms with E-state index in [1.54, 1.807) is 0 Å². The van der Waals surface area contributed by atoms with E-state index in [-0.39, 0.29) is 13.2 Å². The Balaban J connectivity index is 3.13. The van der Waals surface area contributed by atoms with Gasteiger partial charge in [0.25, 0.3) is 0 Å². The van der Waals surface area contributed by atoms with Gasteiger partial charge < -0.3 is 14.9 Å². The molecule has 0 unspecified atom stereocenters. The van der Waals surface area contributed by atoms with Crippen LogP contribution in [0.25, 0.3) is 0 Å². The van der Waals surface area contributed by atoms with Gasteiger partial charge in [-0.05, 0) is 32.1 Å². The maximum absolute atomic E-state index is 8.87. The van der Waals surface area contributed by atoms with Gasteiger partial charge in [0, 0.05) is 6.61 Å². The molecule has 3 nitrogen and oxygen atoms in total. The van der Waals surface area contributed by atoms with Crippen molar-refractivity contribution in [2.24, 2.45) is 0 Å². The summed E-state index contributed by atoms with van der Waals surface area (Å²) in [5.74, 6) is 0. The Hall–Kier alpha value is -0.380. The molecule has 0 saturated heterocycles. The molecule has 0 saturated carbocycles. The molecule has 0 bridgehead atoms. The van der Waals surface area contributed by atoms with Gasteiger partial charge in [-0.15, -0.1) is 0 Å². The molecule has 0 aliphatic carbocycles. The molecule has 0 aromatic rings. The van der Waals surface area contributed by atoms with E-state index in [2.05, 4.69) is 19.1 Å². The van der Waals surface area contributed by atoms with Gasteiger partial charge in [0.15, 0.2) is 0 Å². The first-order valence-electron chi connectivity index (χ1n) is 10.3. The average molecular weight is 343 g/mol. The lowest BCUT2D eigenvalue weighted by molar-refractivity contribution is -0.0208. The van der Waals surface area contributed by atoms with Crippen LogP contribution in [0.1, 0.15) is 96.8 Å². The van der Waals surface area contributed by atoms with E-state index in [1.165, 1.54) is 83.5 Å². The number of ether oxygens (including phenoxy) is 1. The fraction of sp³-hybridized carbons (Fsp3) is 0.905. The Morgan fingerprint density at radius 1 is 0.667 bits per heavy atom. The van der Waals surface area contributed by atoms with Crippen LogP contribution in [0.15, 0.2) is 12.2 Å². The lowest BCUT2D eigenvalue weighted by Crippen LogP contribution is -2.22. The number of unbranched alkanes of at least 4 members (excludes halogenated alkanes) is 12. The maximum Gasteiger partial charge on any atom is 0.104 e. The predicted molar refractivity (Wildman–Crippen MR) is 103 cm³/mol. The highest BCUT2D eigenvalue weighted by atomic mass is 16.5. The van der Waals surface area contributed by atoms with Gasteiger partial charge >= 0.3 is 0 Å². The highest BCUT2D eigenvalue weighted by molar-refractivity contribution is 4.81. The monoisotopic (exact) mass is 342 g/mol. The molecule has 0 aliphatic rings. The minimum absolute atomic E-state index is 0.0944. The van der Waals surface area contributed by atoms with Crippen LogP contribution < -0.4 is 0 Å². The van der Waals surface area contributed by atoms with Crippen LogP contribution in [0, 0.1) is 0 Å². The standard InChI is InChI=1S/C21H42O3/c1-2-3-4-5-6-7-8-9-10-11-12-13-14-15-16-17-18-24-21(19-22)20-23/h9-10,21-23H,2-8,11-20H2,1H3/b10-9+. The summed E-state index contributed by atoms with van der Waals surface area (Å²) in [6.07, 6.45) is 22.5. The summed E-state index contributed by atoms with van der Waals surface area (Å²) in [6, 6.07) is 0. The van der Waals surface area contributed by atoms with Gasteiger partial charge in [-0.25, -0.2) is 0 Å². The first-order valence-corrected chi connectivity index (χ1v) is 10.3. The number of hydrogen-bond donors (Lipinski definition) is 2. The number of allylic oxidation sites excluding steroid dienone is 2. The second-order valence-corrected chi connectivity index (χ2v) is 6.80. The van der Waals surface area contributed by atoms with Crippen molar-refractivity contribution in [1.29, 1.82) is 0 Å². The number of hydrogen-bond acceptors (Lipinski definition) is 3. The van der Waals surface area contributed by atoms with Crippen LogP contribution in [-0.2, 0) is 4.74 Å². The fourth-order valence-corrected chi connectivity index (χ4v) is 2.76. The van der Waals surface area contributed by atoms with Crippen molar-refractivity contribution in [1.82, 2.24) is 0 Å². The Bertz CT molecular complexity index is 249. The lowest BCUT2D eigenvalue weighted by atomic mass is 10.1. The van der Waals surface area contributed by atoms with E-state index in [1.807, 2.05) is 0 Å². The van der Waals surface area contributed by atoms with Crippen molar-refractivity contribution in [2.75, 3.05) is 19.8 Å². The van der Waals surface area contributed by atoms with E-state index in [0.29, 0.717) is 6.61 Å². The molecule has 3 heteroatoms. The van der Waals surface area contributed by atoms with Crippen LogP contribution in [0.3, 0.4) is 0 Å². The minimum atomic E-state index is -0.395. The molecule has 0 atom stereocenters. The van der Waals surface area contributed by atoms with Gasteiger partial charge in [-0.2, -0.15) is 0 Å². The van der Waals surface area contributed by atoms with Crippen molar-refractivity contribution < 1.29 is 14.9 Å². The van der Waals surface area contributed by atoms with E-state index >= 15 is 0 Å². The molecule has 2 N–H and O–H groups in total. The molecule has 0 aromatic carbocycles. The SMILES string of the molecule is CCCCCCCC/C=C/CCCCCCCCOC(CO)CO.